The summed E-state index contributed by atoms with van der Waals surface area (Å²) < 4.78 is 1.97. The highest BCUT2D eigenvalue weighted by molar-refractivity contribution is 7.99. The number of thioether (sulfide) groups is 1. The lowest BCUT2D eigenvalue weighted by atomic mass is 9.78. The van der Waals surface area contributed by atoms with Crippen LogP contribution in [-0.2, 0) is 11.3 Å². The zero-order valence-corrected chi connectivity index (χ0v) is 18.0. The van der Waals surface area contributed by atoms with E-state index in [1.54, 1.807) is 6.08 Å². The van der Waals surface area contributed by atoms with Gasteiger partial charge in [0.05, 0.1) is 5.75 Å². The molecular formula is C21H27ClN4OS. The van der Waals surface area contributed by atoms with Crippen molar-refractivity contribution in [2.24, 2.45) is 11.8 Å². The number of amides is 1. The lowest BCUT2D eigenvalue weighted by molar-refractivity contribution is -0.120. The van der Waals surface area contributed by atoms with Crippen molar-refractivity contribution < 1.29 is 4.79 Å². The Morgan fingerprint density at radius 1 is 1.32 bits per heavy atom. The van der Waals surface area contributed by atoms with E-state index in [0.29, 0.717) is 34.3 Å². The molecule has 0 spiro atoms. The van der Waals surface area contributed by atoms with Crippen LogP contribution in [0.25, 0.3) is 11.4 Å². The fraction of sp³-hybridized carbons (Fsp3) is 0.476. The minimum absolute atomic E-state index is 0.0529. The molecule has 0 bridgehead atoms. The van der Waals surface area contributed by atoms with E-state index >= 15 is 0 Å². The van der Waals surface area contributed by atoms with Crippen LogP contribution in [0, 0.1) is 11.8 Å². The highest BCUT2D eigenvalue weighted by atomic mass is 35.5. The molecule has 3 rings (SSSR count). The SMILES string of the molecule is C=CCn1c(SCC(=O)NC2CCCC(C)C2C)nnc1-c1ccc(Cl)cc1. The van der Waals surface area contributed by atoms with Crippen LogP contribution in [-0.4, -0.2) is 32.5 Å². The van der Waals surface area contributed by atoms with E-state index in [2.05, 4.69) is 35.9 Å². The smallest absolute Gasteiger partial charge is 0.230 e. The molecule has 1 heterocycles. The molecule has 1 aliphatic rings. The molecular weight excluding hydrogens is 392 g/mol. The average Bonchev–Trinajstić information content (AvgIpc) is 3.07. The summed E-state index contributed by atoms with van der Waals surface area (Å²) in [7, 11) is 0. The second-order valence-corrected chi connectivity index (χ2v) is 8.82. The van der Waals surface area contributed by atoms with Gasteiger partial charge in [-0.3, -0.25) is 9.36 Å². The number of aromatic nitrogens is 3. The van der Waals surface area contributed by atoms with Gasteiger partial charge in [-0.05, 0) is 42.5 Å². The Balaban J connectivity index is 1.66. The van der Waals surface area contributed by atoms with Crippen LogP contribution >= 0.6 is 23.4 Å². The van der Waals surface area contributed by atoms with Gasteiger partial charge in [-0.2, -0.15) is 0 Å². The third kappa shape index (κ3) is 4.97. The fourth-order valence-electron chi connectivity index (χ4n) is 3.67. The van der Waals surface area contributed by atoms with Gasteiger partial charge in [-0.25, -0.2) is 0 Å². The van der Waals surface area contributed by atoms with Gasteiger partial charge >= 0.3 is 0 Å². The molecule has 7 heteroatoms. The number of carbonyl (C=O) groups is 1. The fourth-order valence-corrected chi connectivity index (χ4v) is 4.55. The number of nitrogens with one attached hydrogen (secondary N) is 1. The summed E-state index contributed by atoms with van der Waals surface area (Å²) in [6.45, 7) is 8.91. The average molecular weight is 419 g/mol. The van der Waals surface area contributed by atoms with Crippen molar-refractivity contribution in [3.63, 3.8) is 0 Å². The monoisotopic (exact) mass is 418 g/mol. The Morgan fingerprint density at radius 2 is 2.07 bits per heavy atom. The summed E-state index contributed by atoms with van der Waals surface area (Å²) in [6, 6.07) is 7.76. The maximum Gasteiger partial charge on any atom is 0.230 e. The van der Waals surface area contributed by atoms with Crippen LogP contribution in [0.3, 0.4) is 0 Å². The van der Waals surface area contributed by atoms with Gasteiger partial charge in [0.15, 0.2) is 11.0 Å². The number of rotatable bonds is 7. The molecule has 1 saturated carbocycles. The van der Waals surface area contributed by atoms with E-state index in [0.717, 1.165) is 17.8 Å². The predicted octanol–water partition coefficient (Wildman–Crippen LogP) is 4.82. The van der Waals surface area contributed by atoms with E-state index in [-0.39, 0.29) is 11.9 Å². The molecule has 0 aliphatic heterocycles. The van der Waals surface area contributed by atoms with Gasteiger partial charge in [0.2, 0.25) is 5.91 Å². The molecule has 150 valence electrons. The minimum atomic E-state index is 0.0529. The van der Waals surface area contributed by atoms with E-state index in [9.17, 15) is 4.79 Å². The summed E-state index contributed by atoms with van der Waals surface area (Å²) in [5.41, 5.74) is 0.931. The van der Waals surface area contributed by atoms with Crippen molar-refractivity contribution in [2.45, 2.75) is 50.9 Å². The summed E-state index contributed by atoms with van der Waals surface area (Å²) in [6.07, 6.45) is 5.30. The van der Waals surface area contributed by atoms with Crippen LogP contribution in [0.4, 0.5) is 0 Å². The Labute approximate surface area is 176 Å². The van der Waals surface area contributed by atoms with Gasteiger partial charge in [0.25, 0.3) is 0 Å². The summed E-state index contributed by atoms with van der Waals surface area (Å²) in [5.74, 6) is 2.30. The van der Waals surface area contributed by atoms with Gasteiger partial charge in [0, 0.05) is 23.2 Å². The maximum atomic E-state index is 12.5. The molecule has 0 saturated heterocycles. The number of halogens is 1. The van der Waals surface area contributed by atoms with Crippen LogP contribution in [0.1, 0.15) is 33.1 Å². The van der Waals surface area contributed by atoms with Gasteiger partial charge in [0.1, 0.15) is 0 Å². The molecule has 1 aromatic heterocycles. The highest BCUT2D eigenvalue weighted by Gasteiger charge is 2.28. The molecule has 1 fully saturated rings. The van der Waals surface area contributed by atoms with Crippen molar-refractivity contribution >= 4 is 29.3 Å². The van der Waals surface area contributed by atoms with Crippen LogP contribution in [0.15, 0.2) is 42.1 Å². The Hall–Kier alpha value is -1.79. The Bertz CT molecular complexity index is 820. The third-order valence-electron chi connectivity index (χ3n) is 5.52. The first-order valence-corrected chi connectivity index (χ1v) is 11.1. The molecule has 28 heavy (non-hydrogen) atoms. The van der Waals surface area contributed by atoms with Crippen LogP contribution in [0.5, 0.6) is 0 Å². The molecule has 1 aromatic carbocycles. The lowest BCUT2D eigenvalue weighted by Crippen LogP contribution is -2.44. The van der Waals surface area contributed by atoms with E-state index in [1.165, 1.54) is 24.6 Å². The quantitative estimate of drug-likeness (QED) is 0.517. The van der Waals surface area contributed by atoms with Gasteiger partial charge in [-0.1, -0.05) is 56.1 Å². The van der Waals surface area contributed by atoms with Crippen molar-refractivity contribution in [1.29, 1.82) is 0 Å². The number of hydrogen-bond donors (Lipinski definition) is 1. The molecule has 2 aromatic rings. The predicted molar refractivity (Wildman–Crippen MR) is 115 cm³/mol. The molecule has 0 radical (unpaired) electrons. The van der Waals surface area contributed by atoms with E-state index in [4.69, 9.17) is 11.6 Å². The first kappa shape index (κ1) is 20.9. The van der Waals surface area contributed by atoms with Crippen molar-refractivity contribution in [3.8, 4) is 11.4 Å². The zero-order chi connectivity index (χ0) is 20.1. The summed E-state index contributed by atoms with van der Waals surface area (Å²) in [5, 5.41) is 13.2. The number of nitrogens with zero attached hydrogens (tertiary/aromatic N) is 3. The molecule has 1 aliphatic carbocycles. The minimum Gasteiger partial charge on any atom is -0.352 e. The molecule has 5 nitrogen and oxygen atoms in total. The Morgan fingerprint density at radius 3 is 2.79 bits per heavy atom. The highest BCUT2D eigenvalue weighted by Crippen LogP contribution is 2.30. The summed E-state index contributed by atoms with van der Waals surface area (Å²) >= 11 is 7.39. The topological polar surface area (TPSA) is 59.8 Å². The van der Waals surface area contributed by atoms with Crippen LogP contribution in [0.2, 0.25) is 5.02 Å². The molecule has 1 amide bonds. The molecule has 3 atom stereocenters. The normalized spacial score (nSPS) is 22.0. The first-order chi connectivity index (χ1) is 13.5. The number of hydrogen-bond acceptors (Lipinski definition) is 4. The Kier molecular flexibility index (Phi) is 7.18. The first-order valence-electron chi connectivity index (χ1n) is 9.71. The second kappa shape index (κ2) is 9.61. The van der Waals surface area contributed by atoms with Gasteiger partial charge < -0.3 is 5.32 Å². The van der Waals surface area contributed by atoms with Crippen LogP contribution < -0.4 is 5.32 Å². The number of allylic oxidation sites excluding steroid dienone is 1. The summed E-state index contributed by atoms with van der Waals surface area (Å²) in [4.78, 5) is 12.5. The molecule has 3 unspecified atom stereocenters. The largest absolute Gasteiger partial charge is 0.352 e. The standard InChI is InChI=1S/C21H27ClN4OS/c1-4-12-26-20(16-8-10-17(22)11-9-16)24-25-21(26)28-13-19(27)23-18-7-5-6-14(2)15(18)3/h4,8-11,14-15,18H,1,5-7,12-13H2,2-3H3,(H,23,27). The van der Waals surface area contributed by atoms with Crippen molar-refractivity contribution in [1.82, 2.24) is 20.1 Å². The van der Waals surface area contributed by atoms with E-state index in [1.807, 2.05) is 28.8 Å². The number of benzene rings is 1. The van der Waals surface area contributed by atoms with Gasteiger partial charge in [-0.15, -0.1) is 16.8 Å². The molecule has 1 N–H and O–H groups in total. The zero-order valence-electron chi connectivity index (χ0n) is 16.4. The van der Waals surface area contributed by atoms with Crippen molar-refractivity contribution in [3.05, 3.63) is 41.9 Å². The van der Waals surface area contributed by atoms with E-state index < -0.39 is 0 Å². The number of carbonyl (C=O) groups excluding carboxylic acids is 1. The third-order valence-corrected chi connectivity index (χ3v) is 6.74. The second-order valence-electron chi connectivity index (χ2n) is 7.44. The maximum absolute atomic E-state index is 12.5. The lowest BCUT2D eigenvalue weighted by Gasteiger charge is -2.34. The van der Waals surface area contributed by atoms with Crippen molar-refractivity contribution in [2.75, 3.05) is 5.75 Å².